The molecule has 2 nitrogen and oxygen atoms in total. The van der Waals surface area contributed by atoms with Crippen LogP contribution >= 0.6 is 0 Å². The van der Waals surface area contributed by atoms with E-state index in [0.29, 0.717) is 13.0 Å². The van der Waals surface area contributed by atoms with Gasteiger partial charge in [0.15, 0.2) is 0 Å². The Morgan fingerprint density at radius 3 is 2.79 bits per heavy atom. The molecule has 0 heterocycles. The first-order valence-electron chi connectivity index (χ1n) is 5.18. The Kier molecular flexibility index (Phi) is 9.54. The molecule has 0 spiro atoms. The third-order valence-electron chi connectivity index (χ3n) is 1.89. The van der Waals surface area contributed by atoms with Gasteiger partial charge in [-0.05, 0) is 18.4 Å². The molecule has 0 radical (unpaired) electrons. The van der Waals surface area contributed by atoms with E-state index in [-0.39, 0.29) is 0 Å². The smallest absolute Gasteiger partial charge is 0.146 e. The molecule has 0 saturated carbocycles. The summed E-state index contributed by atoms with van der Waals surface area (Å²) in [5.74, 6) is 0. The molecule has 0 aromatic rings. The van der Waals surface area contributed by atoms with Gasteiger partial charge in [-0.2, -0.15) is 0 Å². The van der Waals surface area contributed by atoms with Crippen molar-refractivity contribution in [3.63, 3.8) is 0 Å². The lowest BCUT2D eigenvalue weighted by Crippen LogP contribution is -1.96. The minimum absolute atomic E-state index is 0.533. The molecule has 0 rings (SSSR count). The summed E-state index contributed by atoms with van der Waals surface area (Å²) in [6.07, 6.45) is 8.53. The summed E-state index contributed by atoms with van der Waals surface area (Å²) in [7, 11) is 0. The maximum atomic E-state index is 10.5. The number of unbranched alkanes of at least 4 members (excludes halogenated alkanes) is 2. The molecule has 0 aliphatic carbocycles. The van der Waals surface area contributed by atoms with Crippen molar-refractivity contribution in [3.05, 3.63) is 24.3 Å². The van der Waals surface area contributed by atoms with Crippen LogP contribution in [0.25, 0.3) is 0 Å². The van der Waals surface area contributed by atoms with Gasteiger partial charge in [-0.15, -0.1) is 6.58 Å². The zero-order chi connectivity index (χ0) is 10.6. The fraction of sp³-hybridized carbons (Fsp3) is 0.583. The van der Waals surface area contributed by atoms with Crippen molar-refractivity contribution in [2.75, 3.05) is 13.2 Å². The molecule has 0 N–H and O–H groups in total. The third kappa shape index (κ3) is 7.74. The van der Waals surface area contributed by atoms with Crippen LogP contribution in [0.3, 0.4) is 0 Å². The maximum absolute atomic E-state index is 10.5. The van der Waals surface area contributed by atoms with E-state index in [1.165, 1.54) is 12.8 Å². The molecule has 14 heavy (non-hydrogen) atoms. The van der Waals surface area contributed by atoms with Gasteiger partial charge in [0.25, 0.3) is 0 Å². The minimum Gasteiger partial charge on any atom is -0.377 e. The van der Waals surface area contributed by atoms with E-state index in [9.17, 15) is 4.79 Å². The second kappa shape index (κ2) is 10.2. The second-order valence-electron chi connectivity index (χ2n) is 3.17. The molecular formula is C12H20O2. The molecule has 0 aliphatic heterocycles. The molecule has 0 fully saturated rings. The lowest BCUT2D eigenvalue weighted by Gasteiger charge is -2.00. The molecule has 0 aromatic heterocycles. The highest BCUT2D eigenvalue weighted by Crippen LogP contribution is 1.99. The van der Waals surface area contributed by atoms with Gasteiger partial charge in [0.1, 0.15) is 6.29 Å². The number of hydrogen-bond donors (Lipinski definition) is 0. The highest BCUT2D eigenvalue weighted by molar-refractivity contribution is 5.73. The number of ether oxygens (including phenoxy) is 1. The molecule has 0 unspecified atom stereocenters. The molecule has 0 amide bonds. The highest BCUT2D eigenvalue weighted by atomic mass is 16.5. The van der Waals surface area contributed by atoms with E-state index in [1.54, 1.807) is 6.08 Å². The lowest BCUT2D eigenvalue weighted by molar-refractivity contribution is -0.105. The highest BCUT2D eigenvalue weighted by Gasteiger charge is 1.91. The fourth-order valence-corrected chi connectivity index (χ4v) is 1.05. The summed E-state index contributed by atoms with van der Waals surface area (Å²) >= 11 is 0. The maximum Gasteiger partial charge on any atom is 0.146 e. The van der Waals surface area contributed by atoms with Crippen molar-refractivity contribution in [2.45, 2.75) is 32.6 Å². The summed E-state index contributed by atoms with van der Waals surface area (Å²) in [4.78, 5) is 10.5. The van der Waals surface area contributed by atoms with Crippen molar-refractivity contribution in [1.29, 1.82) is 0 Å². The van der Waals surface area contributed by atoms with Crippen molar-refractivity contribution < 1.29 is 9.53 Å². The average molecular weight is 196 g/mol. The van der Waals surface area contributed by atoms with Crippen molar-refractivity contribution in [2.24, 2.45) is 0 Å². The van der Waals surface area contributed by atoms with E-state index in [0.717, 1.165) is 24.9 Å². The van der Waals surface area contributed by atoms with Crippen molar-refractivity contribution in [1.82, 2.24) is 0 Å². The number of allylic oxidation sites excluding steroid dienone is 2. The molecule has 2 heteroatoms. The average Bonchev–Trinajstić information content (AvgIpc) is 2.21. The van der Waals surface area contributed by atoms with Crippen LogP contribution < -0.4 is 0 Å². The van der Waals surface area contributed by atoms with E-state index in [4.69, 9.17) is 4.74 Å². The molecule has 0 aliphatic rings. The van der Waals surface area contributed by atoms with Gasteiger partial charge in [0, 0.05) is 6.61 Å². The summed E-state index contributed by atoms with van der Waals surface area (Å²) in [6, 6.07) is 0. The first-order chi connectivity index (χ1) is 6.85. The Labute approximate surface area is 86.6 Å². The van der Waals surface area contributed by atoms with Crippen molar-refractivity contribution in [3.8, 4) is 0 Å². The van der Waals surface area contributed by atoms with Gasteiger partial charge < -0.3 is 4.74 Å². The number of carbonyl (C=O) groups is 1. The van der Waals surface area contributed by atoms with Crippen LogP contribution in [0.5, 0.6) is 0 Å². The van der Waals surface area contributed by atoms with Crippen LogP contribution in [-0.4, -0.2) is 19.5 Å². The van der Waals surface area contributed by atoms with Gasteiger partial charge >= 0.3 is 0 Å². The summed E-state index contributed by atoms with van der Waals surface area (Å²) in [5, 5.41) is 0. The first kappa shape index (κ1) is 13.1. The number of hydrogen-bond acceptors (Lipinski definition) is 2. The molecule has 0 saturated heterocycles. The predicted molar refractivity (Wildman–Crippen MR) is 59.3 cm³/mol. The van der Waals surface area contributed by atoms with Gasteiger partial charge in [0.05, 0.1) is 6.61 Å². The fourth-order valence-electron chi connectivity index (χ4n) is 1.05. The first-order valence-corrected chi connectivity index (χ1v) is 5.18. The SMILES string of the molecule is C=CC/C(C=O)=C\COCCCCC. The van der Waals surface area contributed by atoms with E-state index in [1.807, 2.05) is 6.08 Å². The minimum atomic E-state index is 0.533. The van der Waals surface area contributed by atoms with Crippen LogP contribution in [0.2, 0.25) is 0 Å². The van der Waals surface area contributed by atoms with Crippen molar-refractivity contribution >= 4 is 6.29 Å². The molecule has 0 aromatic carbocycles. The van der Waals surface area contributed by atoms with Gasteiger partial charge in [-0.25, -0.2) is 0 Å². The Bertz CT molecular complexity index is 183. The summed E-state index contributed by atoms with van der Waals surface area (Å²) in [6.45, 7) is 7.05. The van der Waals surface area contributed by atoms with Gasteiger partial charge in [-0.3, -0.25) is 4.79 Å². The zero-order valence-corrected chi connectivity index (χ0v) is 9.00. The zero-order valence-electron chi connectivity index (χ0n) is 9.00. The van der Waals surface area contributed by atoms with E-state index < -0.39 is 0 Å². The van der Waals surface area contributed by atoms with Crippen LogP contribution in [0.1, 0.15) is 32.6 Å². The molecular weight excluding hydrogens is 176 g/mol. The van der Waals surface area contributed by atoms with Gasteiger partial charge in [-0.1, -0.05) is 31.9 Å². The Morgan fingerprint density at radius 1 is 1.43 bits per heavy atom. The van der Waals surface area contributed by atoms with E-state index >= 15 is 0 Å². The monoisotopic (exact) mass is 196 g/mol. The topological polar surface area (TPSA) is 26.3 Å². The standard InChI is InChI=1S/C12H20O2/c1-3-5-6-9-14-10-8-12(11-13)7-4-2/h4,8,11H,2-3,5-7,9-10H2,1H3/b12-8+. The molecule has 80 valence electrons. The Hall–Kier alpha value is -0.890. The van der Waals surface area contributed by atoms with Crippen LogP contribution in [-0.2, 0) is 9.53 Å². The quantitative estimate of drug-likeness (QED) is 0.245. The number of carbonyl (C=O) groups excluding carboxylic acids is 1. The van der Waals surface area contributed by atoms with Crippen LogP contribution in [0.15, 0.2) is 24.3 Å². The Balaban J connectivity index is 3.47. The predicted octanol–water partition coefficient (Wildman–Crippen LogP) is 2.89. The summed E-state index contributed by atoms with van der Waals surface area (Å²) < 4.78 is 5.34. The van der Waals surface area contributed by atoms with Crippen LogP contribution in [0.4, 0.5) is 0 Å². The normalized spacial score (nSPS) is 11.4. The number of aldehydes is 1. The third-order valence-corrected chi connectivity index (χ3v) is 1.89. The second-order valence-corrected chi connectivity index (χ2v) is 3.17. The lowest BCUT2D eigenvalue weighted by atomic mass is 10.2. The Morgan fingerprint density at radius 2 is 2.21 bits per heavy atom. The summed E-state index contributed by atoms with van der Waals surface area (Å²) in [5.41, 5.74) is 0.746. The van der Waals surface area contributed by atoms with Gasteiger partial charge in [0.2, 0.25) is 0 Å². The number of rotatable bonds is 9. The molecule has 0 bridgehead atoms. The largest absolute Gasteiger partial charge is 0.377 e. The van der Waals surface area contributed by atoms with E-state index in [2.05, 4.69) is 13.5 Å². The molecule has 0 atom stereocenters. The van der Waals surface area contributed by atoms with Crippen LogP contribution in [0, 0.1) is 0 Å².